The van der Waals surface area contributed by atoms with Crippen LogP contribution in [0.15, 0.2) is 29.5 Å². The number of nitrogens with zero attached hydrogens (tertiary/aromatic N) is 3. The predicted molar refractivity (Wildman–Crippen MR) is 66.5 cm³/mol. The number of likely N-dealkylation sites (N-methyl/N-ethyl adjacent to an activating group) is 1. The number of rotatable bonds is 3. The molecule has 1 aliphatic heterocycles. The molecule has 0 aromatic carbocycles. The summed E-state index contributed by atoms with van der Waals surface area (Å²) in [5, 5.41) is 0. The van der Waals surface area contributed by atoms with Gasteiger partial charge in [-0.1, -0.05) is 6.58 Å². The molecule has 3 nitrogen and oxygen atoms in total. The van der Waals surface area contributed by atoms with Crippen molar-refractivity contribution in [3.63, 3.8) is 0 Å². The Morgan fingerprint density at radius 2 is 1.78 bits per heavy atom. The second kappa shape index (κ2) is 6.04. The van der Waals surface area contributed by atoms with E-state index in [4.69, 9.17) is 0 Å². The van der Waals surface area contributed by atoms with Gasteiger partial charge in [0.25, 0.3) is 0 Å². The summed E-state index contributed by atoms with van der Waals surface area (Å²) in [6, 6.07) is 0. The summed E-state index contributed by atoms with van der Waals surface area (Å²) in [6.07, 6.45) is -2.45. The third kappa shape index (κ3) is 4.18. The molecule has 102 valence electrons. The second-order valence-electron chi connectivity index (χ2n) is 4.28. The van der Waals surface area contributed by atoms with Gasteiger partial charge in [0.1, 0.15) is 5.71 Å². The molecule has 0 amide bonds. The van der Waals surface area contributed by atoms with Crippen LogP contribution < -0.4 is 0 Å². The van der Waals surface area contributed by atoms with Crippen molar-refractivity contribution in [2.75, 3.05) is 33.2 Å². The lowest BCUT2D eigenvalue weighted by atomic mass is 10.3. The molecule has 0 spiro atoms. The number of piperazine rings is 1. The van der Waals surface area contributed by atoms with Crippen LogP contribution in [-0.4, -0.2) is 54.9 Å². The molecule has 0 radical (unpaired) electrons. The average Bonchev–Trinajstić information content (AvgIpc) is 2.28. The molecule has 18 heavy (non-hydrogen) atoms. The van der Waals surface area contributed by atoms with Gasteiger partial charge in [-0.2, -0.15) is 13.2 Å². The molecule has 1 fully saturated rings. The van der Waals surface area contributed by atoms with Gasteiger partial charge in [0.2, 0.25) is 0 Å². The number of halogens is 3. The van der Waals surface area contributed by atoms with Crippen molar-refractivity contribution in [2.45, 2.75) is 13.1 Å². The van der Waals surface area contributed by atoms with Gasteiger partial charge in [0.05, 0.1) is 0 Å². The maximum absolute atomic E-state index is 12.4. The molecule has 0 aromatic heterocycles. The standard InChI is InChI=1S/C12H18F3N3/c1-4-11(12(13,14)15)16-9-10(2)18-7-5-17(3)6-8-18/h4,9H,1,5-8H2,2-3H3/b10-9+,16-11?. The lowest BCUT2D eigenvalue weighted by Crippen LogP contribution is -2.43. The van der Waals surface area contributed by atoms with E-state index in [2.05, 4.69) is 16.5 Å². The van der Waals surface area contributed by atoms with E-state index in [0.717, 1.165) is 38.0 Å². The van der Waals surface area contributed by atoms with E-state index in [0.29, 0.717) is 0 Å². The van der Waals surface area contributed by atoms with E-state index in [1.165, 1.54) is 6.20 Å². The van der Waals surface area contributed by atoms with E-state index >= 15 is 0 Å². The van der Waals surface area contributed by atoms with Gasteiger partial charge >= 0.3 is 6.18 Å². The Morgan fingerprint density at radius 1 is 1.22 bits per heavy atom. The van der Waals surface area contributed by atoms with Gasteiger partial charge in [0, 0.05) is 38.1 Å². The maximum atomic E-state index is 12.4. The highest BCUT2D eigenvalue weighted by molar-refractivity contribution is 5.99. The average molecular weight is 261 g/mol. The quantitative estimate of drug-likeness (QED) is 0.726. The molecular formula is C12H18F3N3. The van der Waals surface area contributed by atoms with Crippen molar-refractivity contribution in [3.05, 3.63) is 24.6 Å². The molecule has 1 aliphatic rings. The lowest BCUT2D eigenvalue weighted by Gasteiger charge is -2.34. The molecule has 1 saturated heterocycles. The fourth-order valence-corrected chi connectivity index (χ4v) is 1.65. The van der Waals surface area contributed by atoms with Crippen molar-refractivity contribution < 1.29 is 13.2 Å². The van der Waals surface area contributed by atoms with Crippen molar-refractivity contribution in [2.24, 2.45) is 4.99 Å². The van der Waals surface area contributed by atoms with Gasteiger partial charge in [0.15, 0.2) is 0 Å². The molecule has 0 saturated carbocycles. The predicted octanol–water partition coefficient (Wildman–Crippen LogP) is 2.28. The van der Waals surface area contributed by atoms with E-state index in [1.807, 2.05) is 11.9 Å². The largest absolute Gasteiger partial charge is 0.433 e. The van der Waals surface area contributed by atoms with Gasteiger partial charge in [-0.15, -0.1) is 0 Å². The second-order valence-corrected chi connectivity index (χ2v) is 4.28. The molecule has 0 bridgehead atoms. The molecule has 6 heteroatoms. The Balaban J connectivity index is 2.71. The number of hydrogen-bond donors (Lipinski definition) is 0. The summed E-state index contributed by atoms with van der Waals surface area (Å²) in [5.74, 6) is 0. The zero-order chi connectivity index (χ0) is 13.8. The summed E-state index contributed by atoms with van der Waals surface area (Å²) in [6.45, 7) is 8.33. The van der Waals surface area contributed by atoms with Crippen molar-refractivity contribution in [1.82, 2.24) is 9.80 Å². The highest BCUT2D eigenvalue weighted by atomic mass is 19.4. The Hall–Kier alpha value is -1.30. The lowest BCUT2D eigenvalue weighted by molar-refractivity contribution is -0.0576. The summed E-state index contributed by atoms with van der Waals surface area (Å²) in [7, 11) is 2.02. The van der Waals surface area contributed by atoms with Crippen LogP contribution in [-0.2, 0) is 0 Å². The van der Waals surface area contributed by atoms with Crippen LogP contribution in [0.2, 0.25) is 0 Å². The third-order valence-electron chi connectivity index (χ3n) is 2.88. The van der Waals surface area contributed by atoms with Gasteiger partial charge in [-0.25, -0.2) is 0 Å². The SMILES string of the molecule is C=CC(=N/C=C(\C)N1CCN(C)CC1)C(F)(F)F. The Kier molecular flexibility index (Phi) is 4.95. The normalized spacial score (nSPS) is 20.2. The maximum Gasteiger partial charge on any atom is 0.433 e. The topological polar surface area (TPSA) is 18.8 Å². The van der Waals surface area contributed by atoms with Crippen molar-refractivity contribution >= 4 is 5.71 Å². The Morgan fingerprint density at radius 3 is 2.22 bits per heavy atom. The summed E-state index contributed by atoms with van der Waals surface area (Å²) < 4.78 is 37.2. The molecule has 0 aliphatic carbocycles. The summed E-state index contributed by atoms with van der Waals surface area (Å²) in [4.78, 5) is 7.67. The molecule has 1 rings (SSSR count). The van der Waals surface area contributed by atoms with Crippen LogP contribution in [0.25, 0.3) is 0 Å². The minimum atomic E-state index is -4.44. The van der Waals surface area contributed by atoms with Gasteiger partial charge < -0.3 is 9.80 Å². The van der Waals surface area contributed by atoms with Crippen molar-refractivity contribution in [1.29, 1.82) is 0 Å². The first-order valence-electron chi connectivity index (χ1n) is 5.72. The molecule has 0 atom stereocenters. The number of alkyl halides is 3. The van der Waals surface area contributed by atoms with Crippen LogP contribution in [0.4, 0.5) is 13.2 Å². The van der Waals surface area contributed by atoms with E-state index in [-0.39, 0.29) is 0 Å². The number of allylic oxidation sites excluding steroid dienone is 2. The summed E-state index contributed by atoms with van der Waals surface area (Å²) >= 11 is 0. The van der Waals surface area contributed by atoms with Gasteiger partial charge in [-0.3, -0.25) is 4.99 Å². The monoisotopic (exact) mass is 261 g/mol. The number of hydrogen-bond acceptors (Lipinski definition) is 3. The minimum absolute atomic E-state index is 0.730. The van der Waals surface area contributed by atoms with Crippen LogP contribution in [0.5, 0.6) is 0 Å². The molecular weight excluding hydrogens is 243 g/mol. The molecule has 0 N–H and O–H groups in total. The molecule has 1 heterocycles. The van der Waals surface area contributed by atoms with Crippen LogP contribution in [0.3, 0.4) is 0 Å². The third-order valence-corrected chi connectivity index (χ3v) is 2.88. The summed E-state index contributed by atoms with van der Waals surface area (Å²) in [5.41, 5.74) is -0.220. The Bertz CT molecular complexity index is 350. The first-order chi connectivity index (χ1) is 8.34. The number of aliphatic imine (C=N–C) groups is 1. The van der Waals surface area contributed by atoms with Crippen molar-refractivity contribution in [3.8, 4) is 0 Å². The zero-order valence-corrected chi connectivity index (χ0v) is 10.7. The van der Waals surface area contributed by atoms with Gasteiger partial charge in [-0.05, 0) is 20.0 Å². The fraction of sp³-hybridized carbons (Fsp3) is 0.583. The van der Waals surface area contributed by atoms with Crippen LogP contribution in [0, 0.1) is 0 Å². The fourth-order valence-electron chi connectivity index (χ4n) is 1.65. The molecule has 0 aromatic rings. The highest BCUT2D eigenvalue weighted by Crippen LogP contribution is 2.18. The minimum Gasteiger partial charge on any atom is -0.371 e. The van der Waals surface area contributed by atoms with E-state index in [9.17, 15) is 13.2 Å². The zero-order valence-electron chi connectivity index (χ0n) is 10.7. The highest BCUT2D eigenvalue weighted by Gasteiger charge is 2.33. The van der Waals surface area contributed by atoms with Crippen LogP contribution >= 0.6 is 0 Å². The molecule has 0 unspecified atom stereocenters. The van der Waals surface area contributed by atoms with E-state index < -0.39 is 11.9 Å². The first kappa shape index (κ1) is 14.8. The Labute approximate surface area is 105 Å². The smallest absolute Gasteiger partial charge is 0.371 e. The first-order valence-corrected chi connectivity index (χ1v) is 5.72. The van der Waals surface area contributed by atoms with Crippen LogP contribution in [0.1, 0.15) is 6.92 Å². The van der Waals surface area contributed by atoms with E-state index in [1.54, 1.807) is 6.92 Å².